The lowest BCUT2D eigenvalue weighted by atomic mass is 10.00. The zero-order chi connectivity index (χ0) is 17.8. The van der Waals surface area contributed by atoms with E-state index in [-0.39, 0.29) is 18.6 Å². The summed E-state index contributed by atoms with van der Waals surface area (Å²) in [6.45, 7) is 6.12. The summed E-state index contributed by atoms with van der Waals surface area (Å²) in [6.07, 6.45) is 0. The fourth-order valence-corrected chi connectivity index (χ4v) is 3.05. The Hall–Kier alpha value is -2.81. The number of carbonyl (C=O) groups excluding carboxylic acids is 1. The summed E-state index contributed by atoms with van der Waals surface area (Å²) in [5.74, 6) is 0.606. The molecule has 0 bridgehead atoms. The number of amides is 1. The molecule has 0 aliphatic heterocycles. The molecule has 3 aromatic carbocycles. The molecule has 0 aliphatic rings. The van der Waals surface area contributed by atoms with Crippen LogP contribution in [0.3, 0.4) is 0 Å². The van der Waals surface area contributed by atoms with E-state index in [1.54, 1.807) is 0 Å². The van der Waals surface area contributed by atoms with Crippen molar-refractivity contribution in [2.45, 2.75) is 26.8 Å². The Morgan fingerprint density at radius 3 is 2.64 bits per heavy atom. The molecule has 0 saturated heterocycles. The minimum Gasteiger partial charge on any atom is -0.483 e. The molecule has 1 amide bonds. The predicted molar refractivity (Wildman–Crippen MR) is 102 cm³/mol. The standard InChI is InChI=1S/C22H23NO2/c1-15-11-12-16(2)20(13-15)17(3)23-22(24)14-25-21-10-6-8-18-7-4-5-9-19(18)21/h4-13,17H,14H2,1-3H3,(H,23,24)/t17-/m1/s1. The van der Waals surface area contributed by atoms with Crippen LogP contribution >= 0.6 is 0 Å². The van der Waals surface area contributed by atoms with Gasteiger partial charge >= 0.3 is 0 Å². The topological polar surface area (TPSA) is 38.3 Å². The number of benzene rings is 3. The first-order chi connectivity index (χ1) is 12.0. The summed E-state index contributed by atoms with van der Waals surface area (Å²) in [7, 11) is 0. The van der Waals surface area contributed by atoms with E-state index in [1.807, 2.05) is 49.4 Å². The van der Waals surface area contributed by atoms with Crippen LogP contribution in [0.1, 0.15) is 29.7 Å². The number of hydrogen-bond acceptors (Lipinski definition) is 2. The van der Waals surface area contributed by atoms with Crippen molar-refractivity contribution in [3.05, 3.63) is 77.4 Å². The highest BCUT2D eigenvalue weighted by Crippen LogP contribution is 2.25. The molecule has 0 heterocycles. The van der Waals surface area contributed by atoms with Gasteiger partial charge in [0.05, 0.1) is 6.04 Å². The van der Waals surface area contributed by atoms with E-state index < -0.39 is 0 Å². The van der Waals surface area contributed by atoms with Gasteiger partial charge in [-0.25, -0.2) is 0 Å². The predicted octanol–water partition coefficient (Wildman–Crippen LogP) is 4.71. The number of nitrogens with one attached hydrogen (secondary N) is 1. The summed E-state index contributed by atoms with van der Waals surface area (Å²) in [6, 6.07) is 20.1. The second-order valence-electron chi connectivity index (χ2n) is 6.42. The Bertz CT molecular complexity index is 896. The molecule has 3 heteroatoms. The molecule has 1 atom stereocenters. The lowest BCUT2D eigenvalue weighted by molar-refractivity contribution is -0.123. The average Bonchev–Trinajstić information content (AvgIpc) is 2.61. The quantitative estimate of drug-likeness (QED) is 0.734. The molecule has 0 aliphatic carbocycles. The monoisotopic (exact) mass is 333 g/mol. The maximum Gasteiger partial charge on any atom is 0.258 e. The number of fused-ring (bicyclic) bond motifs is 1. The van der Waals surface area contributed by atoms with Crippen molar-refractivity contribution in [3.63, 3.8) is 0 Å². The van der Waals surface area contributed by atoms with Crippen LogP contribution in [0.4, 0.5) is 0 Å². The maximum atomic E-state index is 12.3. The first-order valence-corrected chi connectivity index (χ1v) is 8.51. The lowest BCUT2D eigenvalue weighted by Gasteiger charge is -2.18. The molecule has 0 radical (unpaired) electrons. The van der Waals surface area contributed by atoms with Crippen LogP contribution in [0.25, 0.3) is 10.8 Å². The lowest BCUT2D eigenvalue weighted by Crippen LogP contribution is -2.31. The fourth-order valence-electron chi connectivity index (χ4n) is 3.05. The Labute approximate surface area is 148 Å². The van der Waals surface area contributed by atoms with Gasteiger partial charge in [0.1, 0.15) is 5.75 Å². The highest BCUT2D eigenvalue weighted by Gasteiger charge is 2.13. The molecular weight excluding hydrogens is 310 g/mol. The summed E-state index contributed by atoms with van der Waals surface area (Å²) < 4.78 is 5.76. The Morgan fingerprint density at radius 1 is 1.04 bits per heavy atom. The average molecular weight is 333 g/mol. The van der Waals surface area contributed by atoms with E-state index in [2.05, 4.69) is 37.4 Å². The highest BCUT2D eigenvalue weighted by molar-refractivity contribution is 5.88. The van der Waals surface area contributed by atoms with Crippen molar-refractivity contribution < 1.29 is 9.53 Å². The summed E-state index contributed by atoms with van der Waals surface area (Å²) in [4.78, 5) is 12.3. The zero-order valence-corrected chi connectivity index (χ0v) is 14.9. The van der Waals surface area contributed by atoms with Crippen LogP contribution in [0, 0.1) is 13.8 Å². The minimum atomic E-state index is -0.124. The fraction of sp³-hybridized carbons (Fsp3) is 0.227. The second-order valence-corrected chi connectivity index (χ2v) is 6.42. The largest absolute Gasteiger partial charge is 0.483 e. The Morgan fingerprint density at radius 2 is 1.80 bits per heavy atom. The van der Waals surface area contributed by atoms with Gasteiger partial charge in [-0.2, -0.15) is 0 Å². The Kier molecular flexibility index (Phi) is 5.03. The molecule has 3 rings (SSSR count). The molecule has 3 aromatic rings. The van der Waals surface area contributed by atoms with Crippen molar-refractivity contribution in [2.75, 3.05) is 6.61 Å². The van der Waals surface area contributed by atoms with Crippen molar-refractivity contribution in [2.24, 2.45) is 0 Å². The van der Waals surface area contributed by atoms with Crippen LogP contribution in [-0.2, 0) is 4.79 Å². The Balaban J connectivity index is 1.65. The zero-order valence-electron chi connectivity index (χ0n) is 14.9. The molecule has 0 spiro atoms. The van der Waals surface area contributed by atoms with Crippen molar-refractivity contribution in [1.29, 1.82) is 0 Å². The first-order valence-electron chi connectivity index (χ1n) is 8.51. The van der Waals surface area contributed by atoms with Crippen LogP contribution in [0.15, 0.2) is 60.7 Å². The van der Waals surface area contributed by atoms with E-state index in [9.17, 15) is 4.79 Å². The van der Waals surface area contributed by atoms with Gasteiger partial charge in [-0.15, -0.1) is 0 Å². The van der Waals surface area contributed by atoms with E-state index in [0.717, 1.165) is 22.1 Å². The molecule has 128 valence electrons. The third-order valence-electron chi connectivity index (χ3n) is 4.39. The maximum absolute atomic E-state index is 12.3. The molecule has 0 aromatic heterocycles. The third kappa shape index (κ3) is 4.00. The van der Waals surface area contributed by atoms with Gasteiger partial charge in [0.2, 0.25) is 0 Å². The highest BCUT2D eigenvalue weighted by atomic mass is 16.5. The summed E-state index contributed by atoms with van der Waals surface area (Å²) in [5, 5.41) is 5.13. The molecule has 25 heavy (non-hydrogen) atoms. The third-order valence-corrected chi connectivity index (χ3v) is 4.39. The normalized spacial score (nSPS) is 12.0. The van der Waals surface area contributed by atoms with Crippen LogP contribution in [-0.4, -0.2) is 12.5 Å². The van der Waals surface area contributed by atoms with Crippen LogP contribution in [0.2, 0.25) is 0 Å². The van der Waals surface area contributed by atoms with Crippen LogP contribution < -0.4 is 10.1 Å². The van der Waals surface area contributed by atoms with Gasteiger partial charge < -0.3 is 10.1 Å². The number of rotatable bonds is 5. The first kappa shape index (κ1) is 17.0. The molecule has 0 unspecified atom stereocenters. The van der Waals surface area contributed by atoms with Crippen molar-refractivity contribution in [3.8, 4) is 5.75 Å². The van der Waals surface area contributed by atoms with E-state index in [1.165, 1.54) is 11.1 Å². The van der Waals surface area contributed by atoms with Gasteiger partial charge in [0, 0.05) is 5.39 Å². The van der Waals surface area contributed by atoms with Crippen LogP contribution in [0.5, 0.6) is 5.75 Å². The van der Waals surface area contributed by atoms with Crippen molar-refractivity contribution in [1.82, 2.24) is 5.32 Å². The smallest absolute Gasteiger partial charge is 0.258 e. The number of carbonyl (C=O) groups is 1. The summed E-state index contributed by atoms with van der Waals surface area (Å²) in [5.41, 5.74) is 3.50. The molecule has 0 fully saturated rings. The van der Waals surface area contributed by atoms with Gasteiger partial charge in [-0.05, 0) is 43.4 Å². The molecular formula is C22H23NO2. The minimum absolute atomic E-state index is 0.00319. The molecule has 1 N–H and O–H groups in total. The second kappa shape index (κ2) is 7.39. The van der Waals surface area contributed by atoms with Gasteiger partial charge in [-0.1, -0.05) is 60.2 Å². The van der Waals surface area contributed by atoms with E-state index >= 15 is 0 Å². The number of hydrogen-bond donors (Lipinski definition) is 1. The SMILES string of the molecule is Cc1ccc(C)c([C@@H](C)NC(=O)COc2cccc3ccccc23)c1. The number of ether oxygens (including phenoxy) is 1. The van der Waals surface area contributed by atoms with Crippen molar-refractivity contribution >= 4 is 16.7 Å². The number of aryl methyl sites for hydroxylation is 2. The van der Waals surface area contributed by atoms with Gasteiger partial charge in [0.15, 0.2) is 6.61 Å². The molecule has 3 nitrogen and oxygen atoms in total. The summed E-state index contributed by atoms with van der Waals surface area (Å²) >= 11 is 0. The van der Waals surface area contributed by atoms with E-state index in [0.29, 0.717) is 0 Å². The van der Waals surface area contributed by atoms with Gasteiger partial charge in [0.25, 0.3) is 5.91 Å². The molecule has 0 saturated carbocycles. The van der Waals surface area contributed by atoms with Gasteiger partial charge in [-0.3, -0.25) is 4.79 Å². The van der Waals surface area contributed by atoms with E-state index in [4.69, 9.17) is 4.74 Å².